The summed E-state index contributed by atoms with van der Waals surface area (Å²) in [5.41, 5.74) is 1.40. The Kier molecular flexibility index (Phi) is 12.1. The number of guanidine groups is 1. The summed E-state index contributed by atoms with van der Waals surface area (Å²) in [5.74, 6) is 1.66. The van der Waals surface area contributed by atoms with Crippen LogP contribution in [0.1, 0.15) is 46.6 Å². The summed E-state index contributed by atoms with van der Waals surface area (Å²) in [6.45, 7) is 12.2. The van der Waals surface area contributed by atoms with Gasteiger partial charge in [0.05, 0.1) is 12.3 Å². The van der Waals surface area contributed by atoms with Crippen molar-refractivity contribution in [1.82, 2.24) is 10.6 Å². The van der Waals surface area contributed by atoms with Crippen molar-refractivity contribution in [3.8, 4) is 5.75 Å². The lowest BCUT2D eigenvalue weighted by Crippen LogP contribution is -2.43. The predicted molar refractivity (Wildman–Crippen MR) is 129 cm³/mol. The molecule has 0 heterocycles. The first-order valence-corrected chi connectivity index (χ1v) is 11.5. The molecule has 0 saturated carbocycles. The van der Waals surface area contributed by atoms with Gasteiger partial charge in [0.25, 0.3) is 0 Å². The van der Waals surface area contributed by atoms with Gasteiger partial charge in [-0.25, -0.2) is 13.4 Å². The molecule has 0 aromatic heterocycles. The number of nitrogens with zero attached hydrogens (tertiary/aromatic N) is 1. The van der Waals surface area contributed by atoms with E-state index in [0.29, 0.717) is 25.5 Å². The van der Waals surface area contributed by atoms with Crippen molar-refractivity contribution in [2.24, 2.45) is 4.99 Å². The molecule has 0 radical (unpaired) electrons. The molecule has 0 aliphatic heterocycles. The summed E-state index contributed by atoms with van der Waals surface area (Å²) in [6, 6.07) is 8.17. The van der Waals surface area contributed by atoms with Crippen LogP contribution in [-0.4, -0.2) is 52.1 Å². The van der Waals surface area contributed by atoms with Crippen molar-refractivity contribution in [1.29, 1.82) is 0 Å². The Morgan fingerprint density at radius 2 is 1.82 bits per heavy atom. The minimum atomic E-state index is -2.95. The standard InChI is InChI=1S/C20H35N3O3S.HI/c1-7-21-19(23-16(2)12-15-27(6,24)25)22-13-14-26-18-10-8-17(9-11-18)20(3,4)5;/h8-11,16H,7,12-15H2,1-6H3,(H2,21,22,23);1H. The number of hydrogen-bond donors (Lipinski definition) is 2. The normalized spacial score (nSPS) is 13.4. The molecule has 6 nitrogen and oxygen atoms in total. The van der Waals surface area contributed by atoms with Gasteiger partial charge in [-0.05, 0) is 43.4 Å². The first-order valence-electron chi connectivity index (χ1n) is 9.47. The highest BCUT2D eigenvalue weighted by atomic mass is 127. The van der Waals surface area contributed by atoms with E-state index in [1.165, 1.54) is 11.8 Å². The topological polar surface area (TPSA) is 79.8 Å². The largest absolute Gasteiger partial charge is 0.492 e. The molecule has 0 bridgehead atoms. The van der Waals surface area contributed by atoms with E-state index in [1.54, 1.807) is 0 Å². The lowest BCUT2D eigenvalue weighted by atomic mass is 9.87. The Labute approximate surface area is 187 Å². The summed E-state index contributed by atoms with van der Waals surface area (Å²) in [5, 5.41) is 6.40. The first kappa shape index (κ1) is 27.0. The van der Waals surface area contributed by atoms with Gasteiger partial charge in [-0.2, -0.15) is 0 Å². The molecule has 0 aliphatic carbocycles. The van der Waals surface area contributed by atoms with Crippen LogP contribution in [0, 0.1) is 0 Å². The third-order valence-electron chi connectivity index (χ3n) is 4.00. The average Bonchev–Trinajstić information content (AvgIpc) is 2.56. The number of ether oxygens (including phenoxy) is 1. The third kappa shape index (κ3) is 11.7. The van der Waals surface area contributed by atoms with Crippen LogP contribution in [0.5, 0.6) is 5.75 Å². The summed E-state index contributed by atoms with van der Waals surface area (Å²) in [7, 11) is -2.95. The molecular weight excluding hydrogens is 489 g/mol. The van der Waals surface area contributed by atoms with Crippen molar-refractivity contribution >= 4 is 39.8 Å². The molecule has 1 unspecified atom stereocenters. The molecule has 0 aliphatic rings. The van der Waals surface area contributed by atoms with E-state index >= 15 is 0 Å². The molecule has 1 aromatic carbocycles. The molecule has 2 N–H and O–H groups in total. The number of aliphatic imine (C=N–C) groups is 1. The zero-order valence-electron chi connectivity index (χ0n) is 17.9. The van der Waals surface area contributed by atoms with E-state index in [-0.39, 0.29) is 41.2 Å². The summed E-state index contributed by atoms with van der Waals surface area (Å²) in [6.07, 6.45) is 1.80. The van der Waals surface area contributed by atoms with Gasteiger partial charge in [0.15, 0.2) is 5.96 Å². The van der Waals surface area contributed by atoms with Gasteiger partial charge in [-0.3, -0.25) is 0 Å². The molecule has 162 valence electrons. The number of nitrogens with one attached hydrogen (secondary N) is 2. The lowest BCUT2D eigenvalue weighted by molar-refractivity contribution is 0.328. The molecule has 1 aromatic rings. The van der Waals surface area contributed by atoms with Gasteiger partial charge in [-0.15, -0.1) is 24.0 Å². The Morgan fingerprint density at radius 1 is 1.21 bits per heavy atom. The molecule has 28 heavy (non-hydrogen) atoms. The van der Waals surface area contributed by atoms with Crippen molar-refractivity contribution < 1.29 is 13.2 Å². The SMILES string of the molecule is CCNC(=NCCOc1ccc(C(C)(C)C)cc1)NC(C)CCS(C)(=O)=O.I. The zero-order valence-corrected chi connectivity index (χ0v) is 21.1. The molecule has 1 atom stereocenters. The van der Waals surface area contributed by atoms with Crippen LogP contribution < -0.4 is 15.4 Å². The fourth-order valence-electron chi connectivity index (χ4n) is 2.39. The molecule has 0 amide bonds. The van der Waals surface area contributed by atoms with E-state index in [9.17, 15) is 8.42 Å². The maximum absolute atomic E-state index is 11.3. The van der Waals surface area contributed by atoms with E-state index in [2.05, 4.69) is 48.5 Å². The Balaban J connectivity index is 0.00000729. The molecule has 0 saturated heterocycles. The fraction of sp³-hybridized carbons (Fsp3) is 0.650. The highest BCUT2D eigenvalue weighted by Gasteiger charge is 2.13. The molecule has 0 spiro atoms. The Morgan fingerprint density at radius 3 is 2.32 bits per heavy atom. The van der Waals surface area contributed by atoms with Crippen LogP contribution in [-0.2, 0) is 15.3 Å². The second kappa shape index (κ2) is 12.5. The van der Waals surface area contributed by atoms with Crippen LogP contribution >= 0.6 is 24.0 Å². The molecular formula is C20H36IN3O3S. The number of halogens is 1. The summed E-state index contributed by atoms with van der Waals surface area (Å²) >= 11 is 0. The molecule has 1 rings (SSSR count). The maximum atomic E-state index is 11.3. The first-order chi connectivity index (χ1) is 12.5. The van der Waals surface area contributed by atoms with Crippen molar-refractivity contribution in [3.05, 3.63) is 29.8 Å². The summed E-state index contributed by atoms with van der Waals surface area (Å²) < 4.78 is 28.3. The minimum Gasteiger partial charge on any atom is -0.492 e. The van der Waals surface area contributed by atoms with Crippen LogP contribution in [0.3, 0.4) is 0 Å². The van der Waals surface area contributed by atoms with Gasteiger partial charge in [-0.1, -0.05) is 32.9 Å². The number of hydrogen-bond acceptors (Lipinski definition) is 4. The summed E-state index contributed by atoms with van der Waals surface area (Å²) in [4.78, 5) is 4.49. The van der Waals surface area contributed by atoms with E-state index in [4.69, 9.17) is 4.74 Å². The number of benzene rings is 1. The van der Waals surface area contributed by atoms with Gasteiger partial charge < -0.3 is 15.4 Å². The van der Waals surface area contributed by atoms with Gasteiger partial charge in [0.2, 0.25) is 0 Å². The zero-order chi connectivity index (χ0) is 20.5. The van der Waals surface area contributed by atoms with Crippen molar-refractivity contribution in [3.63, 3.8) is 0 Å². The molecule has 0 fully saturated rings. The monoisotopic (exact) mass is 525 g/mol. The van der Waals surface area contributed by atoms with Gasteiger partial charge in [0.1, 0.15) is 22.2 Å². The number of sulfone groups is 1. The smallest absolute Gasteiger partial charge is 0.191 e. The lowest BCUT2D eigenvalue weighted by Gasteiger charge is -2.19. The second-order valence-electron chi connectivity index (χ2n) is 7.85. The third-order valence-corrected chi connectivity index (χ3v) is 4.98. The van der Waals surface area contributed by atoms with Crippen LogP contribution in [0.4, 0.5) is 0 Å². The van der Waals surface area contributed by atoms with Gasteiger partial charge >= 0.3 is 0 Å². The van der Waals surface area contributed by atoms with Gasteiger partial charge in [0, 0.05) is 18.8 Å². The minimum absolute atomic E-state index is 0. The van der Waals surface area contributed by atoms with E-state index in [0.717, 1.165) is 12.3 Å². The number of rotatable bonds is 9. The quantitative estimate of drug-likeness (QED) is 0.224. The van der Waals surface area contributed by atoms with Crippen molar-refractivity contribution in [2.45, 2.75) is 52.5 Å². The maximum Gasteiger partial charge on any atom is 0.191 e. The van der Waals surface area contributed by atoms with Crippen molar-refractivity contribution in [2.75, 3.05) is 31.7 Å². The Hall–Kier alpha value is -1.03. The molecule has 8 heteroatoms. The fourth-order valence-corrected chi connectivity index (χ4v) is 3.17. The second-order valence-corrected chi connectivity index (χ2v) is 10.1. The van der Waals surface area contributed by atoms with E-state index < -0.39 is 9.84 Å². The predicted octanol–water partition coefficient (Wildman–Crippen LogP) is 3.36. The Bertz CT molecular complexity index is 698. The van der Waals surface area contributed by atoms with E-state index in [1.807, 2.05) is 26.0 Å². The van der Waals surface area contributed by atoms with Crippen LogP contribution in [0.25, 0.3) is 0 Å². The highest BCUT2D eigenvalue weighted by molar-refractivity contribution is 14.0. The average molecular weight is 525 g/mol. The highest BCUT2D eigenvalue weighted by Crippen LogP contribution is 2.24. The van der Waals surface area contributed by atoms with Crippen LogP contribution in [0.15, 0.2) is 29.3 Å². The van der Waals surface area contributed by atoms with Crippen LogP contribution in [0.2, 0.25) is 0 Å².